The van der Waals surface area contributed by atoms with Gasteiger partial charge >= 0.3 is 0 Å². The first-order valence-electron chi connectivity index (χ1n) is 4.80. The summed E-state index contributed by atoms with van der Waals surface area (Å²) in [6.45, 7) is 0.389. The van der Waals surface area contributed by atoms with E-state index in [-0.39, 0.29) is 5.43 Å². The van der Waals surface area contributed by atoms with E-state index in [1.165, 1.54) is 0 Å². The molecule has 1 heterocycles. The zero-order valence-electron chi connectivity index (χ0n) is 8.44. The summed E-state index contributed by atoms with van der Waals surface area (Å²) in [5.41, 5.74) is 0.886. The Morgan fingerprint density at radius 3 is 2.69 bits per heavy atom. The van der Waals surface area contributed by atoms with Crippen molar-refractivity contribution in [3.8, 4) is 5.75 Å². The van der Waals surface area contributed by atoms with E-state index in [4.69, 9.17) is 4.74 Å². The zero-order chi connectivity index (χ0) is 11.4. The number of H-pyrrole nitrogens is 1. The third-order valence-corrected chi connectivity index (χ3v) is 2.69. The molecule has 2 rings (SSSR count). The highest BCUT2D eigenvalue weighted by Gasteiger charge is 2.03. The molecule has 0 fully saturated rings. The third kappa shape index (κ3) is 2.52. The van der Waals surface area contributed by atoms with Crippen molar-refractivity contribution in [2.45, 2.75) is 6.61 Å². The van der Waals surface area contributed by atoms with Crippen molar-refractivity contribution in [3.05, 3.63) is 63.0 Å². The third-order valence-electron chi connectivity index (χ3n) is 2.10. The highest BCUT2D eigenvalue weighted by atomic mass is 79.9. The molecule has 1 aromatic carbocycles. The summed E-state index contributed by atoms with van der Waals surface area (Å²) in [6, 6.07) is 9.71. The van der Waals surface area contributed by atoms with Gasteiger partial charge in [-0.25, -0.2) is 0 Å². The van der Waals surface area contributed by atoms with E-state index in [0.29, 0.717) is 16.8 Å². The first-order valence-corrected chi connectivity index (χ1v) is 5.60. The number of aromatic amines is 1. The standard InChI is InChI=1S/C12H10BrNO2/c13-10-6-14-7-11(12(10)15)16-8-9-4-2-1-3-5-9/h1-7H,8H2,(H,14,15). The molecule has 0 saturated heterocycles. The predicted molar refractivity (Wildman–Crippen MR) is 65.5 cm³/mol. The van der Waals surface area contributed by atoms with E-state index in [9.17, 15) is 4.79 Å². The lowest BCUT2D eigenvalue weighted by molar-refractivity contribution is 0.302. The maximum absolute atomic E-state index is 11.6. The lowest BCUT2D eigenvalue weighted by atomic mass is 10.2. The summed E-state index contributed by atoms with van der Waals surface area (Å²) in [4.78, 5) is 14.4. The molecule has 0 unspecified atom stereocenters. The van der Waals surface area contributed by atoms with Crippen LogP contribution in [0.2, 0.25) is 0 Å². The molecule has 2 aromatic rings. The van der Waals surface area contributed by atoms with Gasteiger partial charge in [0, 0.05) is 12.4 Å². The van der Waals surface area contributed by atoms with E-state index in [0.717, 1.165) is 5.56 Å². The Balaban J connectivity index is 2.11. The molecule has 3 nitrogen and oxygen atoms in total. The van der Waals surface area contributed by atoms with Crippen molar-refractivity contribution in [1.82, 2.24) is 4.98 Å². The van der Waals surface area contributed by atoms with Crippen molar-refractivity contribution in [2.75, 3.05) is 0 Å². The van der Waals surface area contributed by atoms with Crippen LogP contribution in [0.15, 0.2) is 52.0 Å². The van der Waals surface area contributed by atoms with Crippen LogP contribution in [0.25, 0.3) is 0 Å². The number of halogens is 1. The minimum atomic E-state index is -0.144. The molecule has 0 amide bonds. The maximum atomic E-state index is 11.6. The number of hydrogen-bond acceptors (Lipinski definition) is 2. The van der Waals surface area contributed by atoms with Crippen molar-refractivity contribution in [1.29, 1.82) is 0 Å². The summed E-state index contributed by atoms with van der Waals surface area (Å²) in [7, 11) is 0. The topological polar surface area (TPSA) is 42.1 Å². The fourth-order valence-corrected chi connectivity index (χ4v) is 1.61. The van der Waals surface area contributed by atoms with Crippen LogP contribution < -0.4 is 10.2 Å². The van der Waals surface area contributed by atoms with Crippen LogP contribution in [0, 0.1) is 0 Å². The van der Waals surface area contributed by atoms with Gasteiger partial charge in [0.2, 0.25) is 5.43 Å². The molecule has 82 valence electrons. The number of benzene rings is 1. The average molecular weight is 280 g/mol. The van der Waals surface area contributed by atoms with E-state index in [1.54, 1.807) is 12.4 Å². The molecular formula is C12H10BrNO2. The van der Waals surface area contributed by atoms with Crippen LogP contribution >= 0.6 is 15.9 Å². The number of rotatable bonds is 3. The quantitative estimate of drug-likeness (QED) is 0.939. The van der Waals surface area contributed by atoms with Gasteiger partial charge in [0.15, 0.2) is 5.75 Å². The normalized spacial score (nSPS) is 10.1. The Kier molecular flexibility index (Phi) is 3.41. The van der Waals surface area contributed by atoms with Crippen molar-refractivity contribution >= 4 is 15.9 Å². The van der Waals surface area contributed by atoms with E-state index in [1.807, 2.05) is 30.3 Å². The molecule has 1 aromatic heterocycles. The van der Waals surface area contributed by atoms with E-state index < -0.39 is 0 Å². The van der Waals surface area contributed by atoms with Gasteiger partial charge in [0.05, 0.1) is 4.47 Å². The fraction of sp³-hybridized carbons (Fsp3) is 0.0833. The van der Waals surface area contributed by atoms with Gasteiger partial charge in [0.25, 0.3) is 0 Å². The highest BCUT2D eigenvalue weighted by molar-refractivity contribution is 9.10. The molecular weight excluding hydrogens is 270 g/mol. The van der Waals surface area contributed by atoms with Crippen LogP contribution in [0.5, 0.6) is 5.75 Å². The first-order chi connectivity index (χ1) is 7.77. The monoisotopic (exact) mass is 279 g/mol. The lowest BCUT2D eigenvalue weighted by Crippen LogP contribution is -2.08. The minimum Gasteiger partial charge on any atom is -0.483 e. The molecule has 16 heavy (non-hydrogen) atoms. The minimum absolute atomic E-state index is 0.144. The number of hydrogen-bond donors (Lipinski definition) is 1. The number of pyridine rings is 1. The summed E-state index contributed by atoms with van der Waals surface area (Å²) in [6.07, 6.45) is 3.13. The van der Waals surface area contributed by atoms with Crippen LogP contribution in [-0.4, -0.2) is 4.98 Å². The highest BCUT2D eigenvalue weighted by Crippen LogP contribution is 2.09. The Morgan fingerprint density at radius 2 is 1.94 bits per heavy atom. The summed E-state index contributed by atoms with van der Waals surface area (Å²) >= 11 is 3.15. The van der Waals surface area contributed by atoms with E-state index >= 15 is 0 Å². The van der Waals surface area contributed by atoms with Gasteiger partial charge in [-0.3, -0.25) is 4.79 Å². The van der Waals surface area contributed by atoms with Crippen molar-refractivity contribution in [3.63, 3.8) is 0 Å². The van der Waals surface area contributed by atoms with Gasteiger partial charge < -0.3 is 9.72 Å². The number of ether oxygens (including phenoxy) is 1. The molecule has 0 radical (unpaired) electrons. The van der Waals surface area contributed by atoms with Crippen LogP contribution in [0.3, 0.4) is 0 Å². The number of nitrogens with one attached hydrogen (secondary N) is 1. The van der Waals surface area contributed by atoms with E-state index in [2.05, 4.69) is 20.9 Å². The Labute approximate surface area is 101 Å². The Hall–Kier alpha value is -1.55. The smallest absolute Gasteiger partial charge is 0.237 e. The fourth-order valence-electron chi connectivity index (χ4n) is 1.28. The lowest BCUT2D eigenvalue weighted by Gasteiger charge is -2.05. The molecule has 0 saturated carbocycles. The summed E-state index contributed by atoms with van der Waals surface area (Å²) in [5.74, 6) is 0.318. The Bertz CT molecular complexity index is 522. The van der Waals surface area contributed by atoms with Gasteiger partial charge in [-0.2, -0.15) is 0 Å². The Morgan fingerprint density at radius 1 is 1.19 bits per heavy atom. The van der Waals surface area contributed by atoms with Crippen LogP contribution in [-0.2, 0) is 6.61 Å². The van der Waals surface area contributed by atoms with Crippen LogP contribution in [0.1, 0.15) is 5.56 Å². The van der Waals surface area contributed by atoms with Gasteiger partial charge in [0.1, 0.15) is 6.61 Å². The van der Waals surface area contributed by atoms with Crippen LogP contribution in [0.4, 0.5) is 0 Å². The predicted octanol–water partition coefficient (Wildman–Crippen LogP) is 2.72. The zero-order valence-corrected chi connectivity index (χ0v) is 10.0. The molecule has 0 atom stereocenters. The maximum Gasteiger partial charge on any atom is 0.237 e. The molecule has 4 heteroatoms. The van der Waals surface area contributed by atoms with Gasteiger partial charge in [-0.15, -0.1) is 0 Å². The number of aromatic nitrogens is 1. The largest absolute Gasteiger partial charge is 0.483 e. The van der Waals surface area contributed by atoms with Gasteiger partial charge in [-0.1, -0.05) is 30.3 Å². The summed E-state index contributed by atoms with van der Waals surface area (Å²) < 4.78 is 5.90. The molecule has 0 spiro atoms. The molecule has 0 aliphatic rings. The molecule has 0 aliphatic carbocycles. The SMILES string of the molecule is O=c1c(Br)c[nH]cc1OCc1ccccc1. The first kappa shape index (κ1) is 11.0. The van der Waals surface area contributed by atoms with Gasteiger partial charge in [-0.05, 0) is 21.5 Å². The summed E-state index contributed by atoms with van der Waals surface area (Å²) in [5, 5.41) is 0. The molecule has 1 N–H and O–H groups in total. The second-order valence-corrected chi connectivity index (χ2v) is 4.13. The molecule has 0 bridgehead atoms. The average Bonchev–Trinajstić information content (AvgIpc) is 2.32. The van der Waals surface area contributed by atoms with Crippen molar-refractivity contribution in [2.24, 2.45) is 0 Å². The second-order valence-electron chi connectivity index (χ2n) is 3.27. The molecule has 0 aliphatic heterocycles. The second kappa shape index (κ2) is 4.99. The van der Waals surface area contributed by atoms with Crippen molar-refractivity contribution < 1.29 is 4.74 Å².